The average Bonchev–Trinajstić information content (AvgIpc) is 2.31. The zero-order valence-corrected chi connectivity index (χ0v) is 13.3. The maximum Gasteiger partial charge on any atom is 0.327 e. The van der Waals surface area contributed by atoms with Gasteiger partial charge in [0.15, 0.2) is 5.37 Å². The molecular formula is C12H17BrNO4S+. The predicted octanol–water partition coefficient (Wildman–Crippen LogP) is 1.56. The predicted molar refractivity (Wildman–Crippen MR) is 74.6 cm³/mol. The van der Waals surface area contributed by atoms with Gasteiger partial charge in [0.25, 0.3) is 0 Å². The number of nitrogens with zero attached hydrogens (tertiary/aromatic N) is 1. The third kappa shape index (κ3) is 2.11. The maximum atomic E-state index is 12.0. The summed E-state index contributed by atoms with van der Waals surface area (Å²) in [5, 5.41) is 9.01. The summed E-state index contributed by atoms with van der Waals surface area (Å²) in [6.45, 7) is 3.29. The first kappa shape index (κ1) is 14.9. The standard InChI is InChI=1S/C12H16BrNO4S/c1-12(2,11(16)17)6-8-3-4-19(18)10-5-9(15)14(8,10)7-13/h3,10H,4-7H2,1-2H3/p+1/t10-,14?,19?/m0/s1. The van der Waals surface area contributed by atoms with E-state index in [4.69, 9.17) is 0 Å². The quantitative estimate of drug-likeness (QED) is 0.361. The summed E-state index contributed by atoms with van der Waals surface area (Å²) in [6.07, 6.45) is 2.41. The second-order valence-corrected chi connectivity index (χ2v) is 7.79. The Morgan fingerprint density at radius 3 is 2.74 bits per heavy atom. The van der Waals surface area contributed by atoms with Crippen LogP contribution in [-0.4, -0.2) is 42.3 Å². The van der Waals surface area contributed by atoms with Crippen molar-refractivity contribution < 1.29 is 23.4 Å². The van der Waals surface area contributed by atoms with E-state index in [1.165, 1.54) is 0 Å². The van der Waals surface area contributed by atoms with Crippen LogP contribution in [0.5, 0.6) is 0 Å². The number of hydrogen-bond donors (Lipinski definition) is 1. The lowest BCUT2D eigenvalue weighted by molar-refractivity contribution is -0.844. The maximum absolute atomic E-state index is 12.0. The highest BCUT2D eigenvalue weighted by atomic mass is 79.9. The molecule has 3 atom stereocenters. The van der Waals surface area contributed by atoms with Gasteiger partial charge in [0.1, 0.15) is 17.6 Å². The summed E-state index contributed by atoms with van der Waals surface area (Å²) in [6, 6.07) is 0. The molecule has 0 bridgehead atoms. The molecule has 2 unspecified atom stereocenters. The number of rotatable bonds is 4. The SMILES string of the molecule is CC(C)(CC1=CCS(=O)[C@H]2CC(=O)[N+]12CBr)C(=O)O. The Bertz CT molecular complexity index is 502. The Kier molecular flexibility index (Phi) is 3.75. The van der Waals surface area contributed by atoms with Crippen LogP contribution in [0, 0.1) is 5.41 Å². The molecule has 1 N–H and O–H groups in total. The van der Waals surface area contributed by atoms with E-state index in [0.717, 1.165) is 5.70 Å². The molecule has 1 amide bonds. The smallest absolute Gasteiger partial charge is 0.327 e. The van der Waals surface area contributed by atoms with Gasteiger partial charge in [0, 0.05) is 6.42 Å². The van der Waals surface area contributed by atoms with Gasteiger partial charge in [-0.05, 0) is 35.9 Å². The molecule has 2 rings (SSSR count). The second kappa shape index (κ2) is 4.79. The minimum absolute atomic E-state index is 0.0161. The normalized spacial score (nSPS) is 34.3. The summed E-state index contributed by atoms with van der Waals surface area (Å²) >= 11 is 3.34. The number of hydrogen-bond acceptors (Lipinski definition) is 3. The van der Waals surface area contributed by atoms with Crippen LogP contribution in [0.15, 0.2) is 11.8 Å². The number of quaternary nitrogens is 1. The number of allylic oxidation sites excluding steroid dienone is 1. The molecule has 0 aliphatic carbocycles. The van der Waals surface area contributed by atoms with E-state index in [-0.39, 0.29) is 15.8 Å². The molecule has 1 fully saturated rings. The van der Waals surface area contributed by atoms with E-state index < -0.39 is 22.2 Å². The molecule has 2 heterocycles. The lowest BCUT2D eigenvalue weighted by atomic mass is 9.86. The average molecular weight is 351 g/mol. The molecule has 0 radical (unpaired) electrons. The minimum atomic E-state index is -1.05. The summed E-state index contributed by atoms with van der Waals surface area (Å²) in [5.41, 5.74) is 0.215. The molecule has 0 aromatic rings. The number of carbonyl (C=O) groups excluding carboxylic acids is 1. The Balaban J connectivity index is 2.36. The third-order valence-electron chi connectivity index (χ3n) is 3.98. The molecule has 7 heteroatoms. The van der Waals surface area contributed by atoms with E-state index in [1.807, 2.05) is 0 Å². The van der Waals surface area contributed by atoms with Crippen molar-refractivity contribution in [3.63, 3.8) is 0 Å². The lowest BCUT2D eigenvalue weighted by Gasteiger charge is -2.50. The van der Waals surface area contributed by atoms with Crippen LogP contribution in [0.4, 0.5) is 0 Å². The van der Waals surface area contributed by atoms with E-state index in [0.29, 0.717) is 24.0 Å². The number of aliphatic carboxylic acids is 1. The highest BCUT2D eigenvalue weighted by molar-refractivity contribution is 9.09. The van der Waals surface area contributed by atoms with Gasteiger partial charge in [-0.2, -0.15) is 0 Å². The van der Waals surface area contributed by atoms with Crippen LogP contribution in [0.25, 0.3) is 0 Å². The van der Waals surface area contributed by atoms with Gasteiger partial charge in [0.2, 0.25) is 0 Å². The molecule has 1 saturated heterocycles. The molecule has 0 saturated carbocycles. The van der Waals surface area contributed by atoms with Gasteiger partial charge >= 0.3 is 11.9 Å². The van der Waals surface area contributed by atoms with Gasteiger partial charge in [-0.15, -0.1) is 0 Å². The van der Waals surface area contributed by atoms with Crippen LogP contribution in [-0.2, 0) is 20.4 Å². The van der Waals surface area contributed by atoms with E-state index in [2.05, 4.69) is 15.9 Å². The molecule has 19 heavy (non-hydrogen) atoms. The van der Waals surface area contributed by atoms with Gasteiger partial charge in [-0.3, -0.25) is 9.00 Å². The molecular weight excluding hydrogens is 334 g/mol. The van der Waals surface area contributed by atoms with E-state index in [1.54, 1.807) is 19.9 Å². The van der Waals surface area contributed by atoms with E-state index >= 15 is 0 Å². The first-order valence-electron chi connectivity index (χ1n) is 6.03. The fourth-order valence-corrected chi connectivity index (χ4v) is 5.35. The van der Waals surface area contributed by atoms with Crippen molar-refractivity contribution in [3.05, 3.63) is 11.8 Å². The van der Waals surface area contributed by atoms with Crippen LogP contribution in [0.1, 0.15) is 26.7 Å². The van der Waals surface area contributed by atoms with Gasteiger partial charge in [0.05, 0.1) is 22.0 Å². The number of halogens is 1. The van der Waals surface area contributed by atoms with Gasteiger partial charge in [-0.1, -0.05) is 0 Å². The lowest BCUT2D eigenvalue weighted by Crippen LogP contribution is -2.70. The summed E-state index contributed by atoms with van der Waals surface area (Å²) in [4.78, 5) is 23.3. The fraction of sp³-hybridized carbons (Fsp3) is 0.667. The van der Waals surface area contributed by atoms with Gasteiger partial charge < -0.3 is 5.11 Å². The molecule has 0 spiro atoms. The molecule has 106 valence electrons. The largest absolute Gasteiger partial charge is 0.481 e. The Labute approximate surface area is 122 Å². The van der Waals surface area contributed by atoms with Crippen molar-refractivity contribution in [2.24, 2.45) is 5.41 Å². The van der Waals surface area contributed by atoms with Crippen LogP contribution < -0.4 is 0 Å². The highest BCUT2D eigenvalue weighted by Gasteiger charge is 2.62. The van der Waals surface area contributed by atoms with Crippen LogP contribution >= 0.6 is 15.9 Å². The summed E-state index contributed by atoms with van der Waals surface area (Å²) in [5.74, 6) is -0.463. The van der Waals surface area contributed by atoms with Crippen molar-refractivity contribution in [1.29, 1.82) is 0 Å². The summed E-state index contributed by atoms with van der Waals surface area (Å²) < 4.78 is 12.0. The number of carboxylic acids is 1. The van der Waals surface area contributed by atoms with Gasteiger partial charge in [-0.25, -0.2) is 9.28 Å². The van der Waals surface area contributed by atoms with Crippen LogP contribution in [0.2, 0.25) is 0 Å². The molecule has 2 aliphatic rings. The molecule has 2 aliphatic heterocycles. The molecule has 0 aromatic heterocycles. The number of alkyl halides is 1. The molecule has 5 nitrogen and oxygen atoms in total. The Morgan fingerprint density at radius 1 is 1.63 bits per heavy atom. The Morgan fingerprint density at radius 2 is 2.26 bits per heavy atom. The molecule has 0 aromatic carbocycles. The second-order valence-electron chi connectivity index (χ2n) is 5.65. The highest BCUT2D eigenvalue weighted by Crippen LogP contribution is 2.45. The van der Waals surface area contributed by atoms with Crippen molar-refractivity contribution in [1.82, 2.24) is 0 Å². The number of β-lactam (4-membered cyclic amide) rings is 1. The van der Waals surface area contributed by atoms with Crippen molar-refractivity contribution >= 4 is 38.6 Å². The number of carbonyl (C=O) groups is 2. The first-order valence-corrected chi connectivity index (χ1v) is 8.53. The Hall–Kier alpha value is -0.530. The monoisotopic (exact) mass is 350 g/mol. The first-order chi connectivity index (χ1) is 8.75. The van der Waals surface area contributed by atoms with E-state index in [9.17, 15) is 18.9 Å². The topological polar surface area (TPSA) is 71.4 Å². The minimum Gasteiger partial charge on any atom is -0.481 e. The summed E-state index contributed by atoms with van der Waals surface area (Å²) in [7, 11) is -1.05. The zero-order valence-electron chi connectivity index (χ0n) is 10.9. The fourth-order valence-electron chi connectivity index (χ4n) is 2.57. The van der Waals surface area contributed by atoms with Crippen LogP contribution in [0.3, 0.4) is 0 Å². The number of carboxylic acid groups (broad SMARTS) is 1. The zero-order chi connectivity index (χ0) is 14.4. The van der Waals surface area contributed by atoms with Crippen molar-refractivity contribution in [2.75, 3.05) is 11.2 Å². The van der Waals surface area contributed by atoms with Crippen molar-refractivity contribution in [3.8, 4) is 0 Å². The number of fused-ring (bicyclic) bond motifs is 1. The number of amides is 1. The van der Waals surface area contributed by atoms with Crippen molar-refractivity contribution in [2.45, 2.75) is 32.1 Å². The third-order valence-corrected chi connectivity index (χ3v) is 6.40.